The van der Waals surface area contributed by atoms with Gasteiger partial charge in [0.05, 0.1) is 324 Å². The van der Waals surface area contributed by atoms with Gasteiger partial charge in [-0.1, -0.05) is 18.0 Å². The normalized spacial score (nSPS) is 15.5. The topological polar surface area (TPSA) is 452 Å². The summed E-state index contributed by atoms with van der Waals surface area (Å²) >= 11 is 5.92. The van der Waals surface area contributed by atoms with Gasteiger partial charge in [0.2, 0.25) is 17.7 Å². The molecule has 1 aromatic rings. The van der Waals surface area contributed by atoms with Gasteiger partial charge in [-0.25, -0.2) is 9.28 Å². The minimum Gasteiger partial charge on any atom is -0.382 e. The van der Waals surface area contributed by atoms with Crippen LogP contribution >= 0.6 is 11.6 Å². The lowest BCUT2D eigenvalue weighted by Gasteiger charge is -2.57. The molecule has 47 heteroatoms. The first kappa shape index (κ1) is 118. The molecule has 1 aliphatic carbocycles. The Morgan fingerprint density at radius 2 is 0.769 bits per heavy atom. The maximum Gasteiger partial charge on any atom is 0.509 e. The number of nitrogens with one attached hydrogen (secondary N) is 6. The fraction of sp³-hybridized carbons (Fsp3) is 0.831. The molecule has 1 heterocycles. The van der Waals surface area contributed by atoms with Gasteiger partial charge < -0.3 is 146 Å². The van der Waals surface area contributed by atoms with Gasteiger partial charge in [0.1, 0.15) is 18.1 Å². The SMILES string of the molecule is COCCOCCOCCOCCOCCOCCOCCOCCOCCOCCOCCOCCOCCOCCOCCOCCOCCOCCOCCOCCOCCOCCOCCOCCNC(=O)CCC(=O)N[C@@H](CCCN=C(N)NC(=O)C(F)(F)F)C(=O)NCC[N+]1(C(=O)C(F)(F)F)CCC(NC(=O)C(=O)Nc2ccc(Cl)cc2)CC12CCCCC2. The number of halogens is 7. The van der Waals surface area contributed by atoms with Crippen molar-refractivity contribution in [2.24, 2.45) is 10.7 Å². The molecule has 0 aromatic heterocycles. The van der Waals surface area contributed by atoms with Crippen molar-refractivity contribution in [3.05, 3.63) is 29.3 Å². The van der Waals surface area contributed by atoms with Crippen LogP contribution in [-0.2, 0) is 147 Å². The summed E-state index contributed by atoms with van der Waals surface area (Å²) in [7, 11) is 1.64. The van der Waals surface area contributed by atoms with E-state index in [-0.39, 0.29) is 90.2 Å². The summed E-state index contributed by atoms with van der Waals surface area (Å²) in [5, 5.41) is 14.4. The van der Waals surface area contributed by atoms with E-state index in [0.29, 0.717) is 308 Å². The molecule has 754 valence electrons. The Kier molecular flexibility index (Phi) is 72.1. The Morgan fingerprint density at radius 1 is 0.438 bits per heavy atom. The smallest absolute Gasteiger partial charge is 0.382 e. The minimum atomic E-state index is -5.33. The van der Waals surface area contributed by atoms with Crippen LogP contribution < -0.4 is 37.6 Å². The van der Waals surface area contributed by atoms with Crippen molar-refractivity contribution in [3.63, 3.8) is 0 Å². The van der Waals surface area contributed by atoms with Crippen LogP contribution in [0.5, 0.6) is 0 Å². The van der Waals surface area contributed by atoms with Crippen LogP contribution in [0.2, 0.25) is 5.02 Å². The number of guanidine groups is 1. The summed E-state index contributed by atoms with van der Waals surface area (Å²) < 4.78 is 213. The van der Waals surface area contributed by atoms with Gasteiger partial charge in [-0.3, -0.25) is 39.1 Å². The van der Waals surface area contributed by atoms with Gasteiger partial charge >= 0.3 is 36.0 Å². The first-order valence-electron chi connectivity index (χ1n) is 44.3. The number of rotatable bonds is 86. The van der Waals surface area contributed by atoms with E-state index in [1.165, 1.54) is 29.6 Å². The van der Waals surface area contributed by atoms with Gasteiger partial charge in [-0.15, -0.1) is 0 Å². The van der Waals surface area contributed by atoms with Crippen molar-refractivity contribution in [3.8, 4) is 0 Å². The molecule has 1 aromatic carbocycles. The van der Waals surface area contributed by atoms with Crippen molar-refractivity contribution in [1.29, 1.82) is 0 Å². The Balaban J connectivity index is 1.05. The van der Waals surface area contributed by atoms with E-state index in [1.54, 1.807) is 7.11 Å². The standard InChI is InChI=1S/C83H142ClF6N9O31/c1-107-22-23-109-26-27-111-30-31-113-34-35-115-38-39-117-42-43-119-46-47-121-50-51-123-54-55-125-58-59-127-62-63-129-66-67-130-65-64-128-61-60-126-57-56-124-53-52-122-49-48-120-45-44-118-41-40-116-37-36-114-33-32-112-29-28-110-25-24-108-21-18-92-73(100)11-12-74(101)97-72(6-5-16-94-80(91)98-78(105)82(85,86)87)75(102)93-17-20-99(79(106)83(88,89)90)19-13-71(68-81(99)14-3-2-4-15-81)96-77(104)76(103)95-70-9-7-69(84)8-10-70/h7-10,71-72H,2-6,11-68H2,1H3,(H7-,91,92,93,94,95,96,97,98,100,101,102,103,104,105)/p+1/t71?,72-,99?/m0/s1. The Labute approximate surface area is 762 Å². The predicted octanol–water partition coefficient (Wildman–Crippen LogP) is 2.46. The summed E-state index contributed by atoms with van der Waals surface area (Å²) in [5.74, 6) is -9.67. The largest absolute Gasteiger partial charge is 0.509 e. The number of carbonyl (C=O) groups is 7. The van der Waals surface area contributed by atoms with Gasteiger partial charge in [0.25, 0.3) is 0 Å². The lowest BCUT2D eigenvalue weighted by molar-refractivity contribution is -0.918. The number of hydrogen-bond acceptors (Lipinski definition) is 32. The molecule has 1 spiro atoms. The summed E-state index contributed by atoms with van der Waals surface area (Å²) in [6.45, 7) is 18.5. The third-order valence-electron chi connectivity index (χ3n) is 19.1. The third kappa shape index (κ3) is 62.6. The van der Waals surface area contributed by atoms with E-state index >= 15 is 0 Å². The van der Waals surface area contributed by atoms with Crippen molar-refractivity contribution in [2.75, 3.05) is 356 Å². The second kappa shape index (κ2) is 79.3. The van der Waals surface area contributed by atoms with Crippen LogP contribution in [-0.4, -0.2) is 432 Å². The number of methoxy groups -OCH3 is 1. The number of anilines is 1. The number of nitrogens with zero attached hydrogens (tertiary/aromatic N) is 2. The number of ether oxygens (including phenoxy) is 24. The number of alkyl halides is 6. The zero-order valence-electron chi connectivity index (χ0n) is 75.3. The second-order valence-electron chi connectivity index (χ2n) is 28.8. The van der Waals surface area contributed by atoms with Gasteiger partial charge in [0.15, 0.2) is 5.96 Å². The van der Waals surface area contributed by atoms with Crippen molar-refractivity contribution < 1.29 is 178 Å². The van der Waals surface area contributed by atoms with E-state index in [9.17, 15) is 59.9 Å². The number of aliphatic imine (C=N–C) groups is 1. The lowest BCUT2D eigenvalue weighted by Crippen LogP contribution is -2.76. The number of benzene rings is 1. The average Bonchev–Trinajstić information content (AvgIpc) is 0.721. The van der Waals surface area contributed by atoms with Crippen LogP contribution in [0.25, 0.3) is 0 Å². The Morgan fingerprint density at radius 3 is 1.10 bits per heavy atom. The molecular formula is C83H143ClF6N9O31+. The fourth-order valence-electron chi connectivity index (χ4n) is 12.7. The highest BCUT2D eigenvalue weighted by molar-refractivity contribution is 6.39. The first-order valence-corrected chi connectivity index (χ1v) is 44.7. The Hall–Kier alpha value is -5.95. The highest BCUT2D eigenvalue weighted by Crippen LogP contribution is 2.48. The molecule has 2 aliphatic rings. The molecule has 130 heavy (non-hydrogen) atoms. The number of piperidine rings is 1. The van der Waals surface area contributed by atoms with Crippen molar-refractivity contribution in [1.82, 2.24) is 26.6 Å². The molecule has 8 N–H and O–H groups in total. The molecule has 1 saturated heterocycles. The molecule has 0 bridgehead atoms. The van der Waals surface area contributed by atoms with Crippen LogP contribution in [0.1, 0.15) is 70.6 Å². The van der Waals surface area contributed by atoms with Crippen LogP contribution in [0, 0.1) is 0 Å². The third-order valence-corrected chi connectivity index (χ3v) is 19.3. The maximum absolute atomic E-state index is 14.8. The molecular weight excluding hydrogens is 1770 g/mol. The quantitative estimate of drug-likeness (QED) is 0.0123. The molecule has 3 atom stereocenters. The molecule has 2 fully saturated rings. The molecule has 0 radical (unpaired) electrons. The van der Waals surface area contributed by atoms with E-state index in [0.717, 1.165) is 0 Å². The highest BCUT2D eigenvalue weighted by Gasteiger charge is 2.66. The monoisotopic (exact) mass is 1910 g/mol. The van der Waals surface area contributed by atoms with Gasteiger partial charge in [-0.05, 0) is 49.9 Å². The van der Waals surface area contributed by atoms with Crippen molar-refractivity contribution >= 4 is 64.6 Å². The van der Waals surface area contributed by atoms with Gasteiger partial charge in [-0.2, -0.15) is 26.3 Å². The van der Waals surface area contributed by atoms with Crippen LogP contribution in [0.4, 0.5) is 32.0 Å². The number of quaternary nitrogens is 1. The van der Waals surface area contributed by atoms with E-state index < -0.39 is 108 Å². The van der Waals surface area contributed by atoms with E-state index in [1.807, 2.05) is 0 Å². The van der Waals surface area contributed by atoms with E-state index in [4.69, 9.17) is 131 Å². The van der Waals surface area contributed by atoms with E-state index in [2.05, 4.69) is 31.6 Å². The molecule has 1 saturated carbocycles. The number of nitrogens with two attached hydrogens (primary N) is 1. The van der Waals surface area contributed by atoms with Crippen molar-refractivity contribution in [2.45, 2.75) is 101 Å². The average molecular weight is 1910 g/mol. The summed E-state index contributed by atoms with van der Waals surface area (Å²) in [5.41, 5.74) is 4.33. The minimum absolute atomic E-state index is 0.0683. The van der Waals surface area contributed by atoms with Crippen LogP contribution in [0.3, 0.4) is 0 Å². The first-order chi connectivity index (χ1) is 63.1. The van der Waals surface area contributed by atoms with Gasteiger partial charge in [0, 0.05) is 75.5 Å². The zero-order chi connectivity index (χ0) is 94.2. The number of carbonyl (C=O) groups excluding carboxylic acids is 7. The lowest BCUT2D eigenvalue weighted by atomic mass is 9.70. The predicted molar refractivity (Wildman–Crippen MR) is 456 cm³/mol. The molecule has 3 rings (SSSR count). The molecule has 1 aliphatic heterocycles. The maximum atomic E-state index is 14.8. The van der Waals surface area contributed by atoms with Crippen LogP contribution in [0.15, 0.2) is 29.3 Å². The zero-order valence-corrected chi connectivity index (χ0v) is 76.0. The fourth-order valence-corrected chi connectivity index (χ4v) is 12.8. The molecule has 2 unspecified atom stereocenters. The number of hydrogen-bond donors (Lipinski definition) is 7. The summed E-state index contributed by atoms with van der Waals surface area (Å²) in [6.07, 6.45) is -10.2. The summed E-state index contributed by atoms with van der Waals surface area (Å²) in [6, 6.07) is 3.67. The highest BCUT2D eigenvalue weighted by atomic mass is 35.5. The second-order valence-corrected chi connectivity index (χ2v) is 29.3. The number of likely N-dealkylation sites (tertiary alicyclic amines) is 1. The Bertz CT molecular complexity index is 3050. The molecule has 40 nitrogen and oxygen atoms in total. The summed E-state index contributed by atoms with van der Waals surface area (Å²) in [4.78, 5) is 94.6. The number of amides is 7. The molecule has 7 amide bonds.